The van der Waals surface area contributed by atoms with E-state index in [2.05, 4.69) is 22.2 Å². The van der Waals surface area contributed by atoms with Gasteiger partial charge in [-0.15, -0.1) is 11.8 Å². The van der Waals surface area contributed by atoms with Gasteiger partial charge in [0, 0.05) is 21.8 Å². The highest BCUT2D eigenvalue weighted by atomic mass is 35.5. The van der Waals surface area contributed by atoms with Crippen LogP contribution in [0.3, 0.4) is 0 Å². The van der Waals surface area contributed by atoms with Crippen molar-refractivity contribution in [2.75, 3.05) is 12.3 Å². The van der Waals surface area contributed by atoms with Crippen LogP contribution in [0.25, 0.3) is 10.8 Å². The zero-order valence-electron chi connectivity index (χ0n) is 15.6. The minimum Gasteiger partial charge on any atom is -0.361 e. The number of nitrogens with one attached hydrogen (secondary N) is 3. The minimum atomic E-state index is -0.145. The molecule has 0 heterocycles. The Morgan fingerprint density at radius 2 is 1.96 bits per heavy atom. The second-order valence-electron chi connectivity index (χ2n) is 6.67. The fourth-order valence-corrected chi connectivity index (χ4v) is 4.60. The fraction of sp³-hybridized carbons (Fsp3) is 0.333. The highest BCUT2D eigenvalue weighted by Crippen LogP contribution is 2.33. The van der Waals surface area contributed by atoms with Gasteiger partial charge in [-0.2, -0.15) is 0 Å². The van der Waals surface area contributed by atoms with Crippen LogP contribution in [-0.2, 0) is 4.79 Å². The van der Waals surface area contributed by atoms with Crippen LogP contribution in [0, 0.1) is 0 Å². The smallest absolute Gasteiger partial charge is 0.248 e. The van der Waals surface area contributed by atoms with Crippen LogP contribution in [0.2, 0.25) is 5.02 Å². The monoisotopic (exact) mass is 433 g/mol. The number of hydrogen-bond donors (Lipinski definition) is 3. The Morgan fingerprint density at radius 3 is 2.75 bits per heavy atom. The van der Waals surface area contributed by atoms with Gasteiger partial charge >= 0.3 is 0 Å². The first-order valence-corrected chi connectivity index (χ1v) is 11.2. The summed E-state index contributed by atoms with van der Waals surface area (Å²) < 4.78 is 0. The van der Waals surface area contributed by atoms with Crippen molar-refractivity contribution in [2.45, 2.75) is 37.0 Å². The third kappa shape index (κ3) is 6.12. The number of carbonyl (C=O) groups is 1. The minimum absolute atomic E-state index is 0.145. The fourth-order valence-electron chi connectivity index (χ4n) is 3.20. The quantitative estimate of drug-likeness (QED) is 0.260. The Bertz CT molecular complexity index is 880. The van der Waals surface area contributed by atoms with Crippen LogP contribution < -0.4 is 16.2 Å². The molecule has 2 aromatic rings. The average Bonchev–Trinajstić information content (AvgIpc) is 2.71. The van der Waals surface area contributed by atoms with Crippen molar-refractivity contribution in [2.24, 2.45) is 0 Å². The molecule has 0 radical (unpaired) electrons. The summed E-state index contributed by atoms with van der Waals surface area (Å²) in [5, 5.41) is 6.30. The summed E-state index contributed by atoms with van der Waals surface area (Å²) in [6.45, 7) is 0.775. The van der Waals surface area contributed by atoms with Crippen molar-refractivity contribution in [1.29, 1.82) is 0 Å². The number of halogens is 1. The van der Waals surface area contributed by atoms with E-state index in [1.807, 2.05) is 36.4 Å². The molecule has 2 aromatic carbocycles. The molecule has 1 amide bonds. The lowest BCUT2D eigenvalue weighted by atomic mass is 9.97. The maximum absolute atomic E-state index is 12.1. The van der Waals surface area contributed by atoms with Gasteiger partial charge in [-0.1, -0.05) is 47.5 Å². The average molecular weight is 434 g/mol. The summed E-state index contributed by atoms with van der Waals surface area (Å²) in [5.41, 5.74) is 6.91. The van der Waals surface area contributed by atoms with Crippen molar-refractivity contribution in [1.82, 2.24) is 16.2 Å². The first-order chi connectivity index (χ1) is 13.6. The molecule has 4 nitrogen and oxygen atoms in total. The molecule has 0 saturated carbocycles. The Balaban J connectivity index is 1.40. The van der Waals surface area contributed by atoms with Gasteiger partial charge in [0.2, 0.25) is 5.91 Å². The molecule has 7 heteroatoms. The summed E-state index contributed by atoms with van der Waals surface area (Å²) in [5.74, 6) is 0.125. The number of thioether (sulfide) groups is 1. The topological polar surface area (TPSA) is 53.2 Å². The Hall–Kier alpha value is -1.76. The first kappa shape index (κ1) is 21.0. The van der Waals surface area contributed by atoms with Gasteiger partial charge in [-0.3, -0.25) is 15.6 Å². The molecule has 28 heavy (non-hydrogen) atoms. The zero-order chi connectivity index (χ0) is 19.8. The number of hydrogen-bond acceptors (Lipinski definition) is 3. The van der Waals surface area contributed by atoms with Gasteiger partial charge < -0.3 is 5.32 Å². The number of fused-ring (bicyclic) bond motifs is 1. The number of benzene rings is 2. The lowest BCUT2D eigenvalue weighted by Gasteiger charge is -2.15. The molecule has 0 fully saturated rings. The highest BCUT2D eigenvalue weighted by molar-refractivity contribution is 8.00. The van der Waals surface area contributed by atoms with E-state index >= 15 is 0 Å². The number of carbonyl (C=O) groups excluding carboxylic acids is 1. The summed E-state index contributed by atoms with van der Waals surface area (Å²) in [6, 6.07) is 11.8. The van der Waals surface area contributed by atoms with E-state index in [1.54, 1.807) is 0 Å². The van der Waals surface area contributed by atoms with Crippen LogP contribution in [-0.4, -0.2) is 23.3 Å². The Labute approximate surface area is 180 Å². The van der Waals surface area contributed by atoms with Crippen molar-refractivity contribution >= 4 is 57.4 Å². The molecule has 0 saturated heterocycles. The van der Waals surface area contributed by atoms with Crippen molar-refractivity contribution in [3.63, 3.8) is 0 Å². The molecule has 1 aliphatic carbocycles. The molecule has 148 valence electrons. The Kier molecular flexibility index (Phi) is 8.01. The van der Waals surface area contributed by atoms with Crippen LogP contribution in [0.5, 0.6) is 0 Å². The summed E-state index contributed by atoms with van der Waals surface area (Å²) >= 11 is 13.0. The highest BCUT2D eigenvalue weighted by Gasteiger charge is 2.09. The van der Waals surface area contributed by atoms with Crippen LogP contribution in [0.15, 0.2) is 52.9 Å². The van der Waals surface area contributed by atoms with E-state index in [4.69, 9.17) is 23.8 Å². The van der Waals surface area contributed by atoms with Gasteiger partial charge in [-0.25, -0.2) is 0 Å². The van der Waals surface area contributed by atoms with Gasteiger partial charge in [0.15, 0.2) is 5.11 Å². The van der Waals surface area contributed by atoms with Crippen LogP contribution >= 0.6 is 35.6 Å². The van der Waals surface area contributed by atoms with Gasteiger partial charge in [0.05, 0.1) is 5.75 Å². The number of amides is 1. The summed E-state index contributed by atoms with van der Waals surface area (Å²) in [6.07, 6.45) is 8.28. The standard InChI is InChI=1S/C21H24ClN3OS2/c22-17-10-4-8-16-9-5-11-18(20(16)17)28-14-19(26)24-25-21(27)23-13-12-15-6-2-1-3-7-15/h4-6,8-11H,1-3,7,12-14H2,(H,24,26)(H2,23,25,27). The molecule has 0 aliphatic heterocycles. The van der Waals surface area contributed by atoms with E-state index in [-0.39, 0.29) is 11.7 Å². The zero-order valence-corrected chi connectivity index (χ0v) is 18.0. The normalized spacial score (nSPS) is 13.7. The third-order valence-corrected chi connectivity index (χ3v) is 6.23. The molecule has 3 N–H and O–H groups in total. The summed E-state index contributed by atoms with van der Waals surface area (Å²) in [7, 11) is 0. The summed E-state index contributed by atoms with van der Waals surface area (Å²) in [4.78, 5) is 13.1. The Morgan fingerprint density at radius 1 is 1.14 bits per heavy atom. The third-order valence-electron chi connectivity index (χ3n) is 4.61. The maximum Gasteiger partial charge on any atom is 0.248 e. The number of thiocarbonyl (C=S) groups is 1. The van der Waals surface area contributed by atoms with E-state index < -0.39 is 0 Å². The number of hydrazine groups is 1. The predicted octanol–water partition coefficient (Wildman–Crippen LogP) is 4.97. The molecular formula is C21H24ClN3OS2. The second-order valence-corrected chi connectivity index (χ2v) is 8.50. The maximum atomic E-state index is 12.1. The van der Waals surface area contributed by atoms with Crippen LogP contribution in [0.1, 0.15) is 32.1 Å². The SMILES string of the molecule is O=C(CSc1cccc2cccc(Cl)c12)NNC(=S)NCCC1=CCCCC1. The van der Waals surface area contributed by atoms with E-state index in [9.17, 15) is 4.79 Å². The van der Waals surface area contributed by atoms with Crippen molar-refractivity contribution < 1.29 is 4.79 Å². The molecule has 0 aromatic heterocycles. The molecule has 0 atom stereocenters. The second kappa shape index (κ2) is 10.7. The van der Waals surface area contributed by atoms with Crippen molar-refractivity contribution in [3.05, 3.63) is 53.1 Å². The molecule has 0 bridgehead atoms. The molecule has 1 aliphatic rings. The van der Waals surface area contributed by atoms with E-state index in [0.29, 0.717) is 10.1 Å². The van der Waals surface area contributed by atoms with E-state index in [1.165, 1.54) is 43.0 Å². The first-order valence-electron chi connectivity index (χ1n) is 9.44. The van der Waals surface area contributed by atoms with Crippen molar-refractivity contribution in [3.8, 4) is 0 Å². The lowest BCUT2D eigenvalue weighted by molar-refractivity contribution is -0.119. The number of rotatable bonds is 6. The van der Waals surface area contributed by atoms with Gasteiger partial charge in [0.25, 0.3) is 0 Å². The molecule has 0 unspecified atom stereocenters. The lowest BCUT2D eigenvalue weighted by Crippen LogP contribution is -2.47. The molecule has 3 rings (SSSR count). The van der Waals surface area contributed by atoms with E-state index in [0.717, 1.165) is 28.6 Å². The van der Waals surface area contributed by atoms with Gasteiger partial charge in [0.1, 0.15) is 0 Å². The van der Waals surface area contributed by atoms with Gasteiger partial charge in [-0.05, 0) is 61.8 Å². The molecule has 0 spiro atoms. The predicted molar refractivity (Wildman–Crippen MR) is 123 cm³/mol. The molecular weight excluding hydrogens is 410 g/mol. The van der Waals surface area contributed by atoms with Crippen LogP contribution in [0.4, 0.5) is 0 Å². The number of allylic oxidation sites excluding steroid dienone is 1. The largest absolute Gasteiger partial charge is 0.361 e.